The van der Waals surface area contributed by atoms with Gasteiger partial charge in [-0.25, -0.2) is 0 Å². The number of nitrogens with one attached hydrogen (secondary N) is 1. The predicted molar refractivity (Wildman–Crippen MR) is 73.8 cm³/mol. The number of rotatable bonds is 6. The first-order chi connectivity index (χ1) is 9.08. The minimum Gasteiger partial charge on any atom is -0.493 e. The van der Waals surface area contributed by atoms with Gasteiger partial charge in [-0.15, -0.1) is 0 Å². The fraction of sp³-hybridized carbons (Fsp3) is 0.357. The average molecular weight is 265 g/mol. The standard InChI is InChI=1S/C14H19NO4/c1-9(16)11(15-2)8-10-6-7-12(17-3)14(19-5)13(10)18-4/h6-8,15H,1-5H3/b11-8-. The summed E-state index contributed by atoms with van der Waals surface area (Å²) in [6.07, 6.45) is 1.71. The van der Waals surface area contributed by atoms with Gasteiger partial charge in [-0.1, -0.05) is 0 Å². The van der Waals surface area contributed by atoms with E-state index in [0.717, 1.165) is 5.56 Å². The van der Waals surface area contributed by atoms with Crippen LogP contribution in [0.2, 0.25) is 0 Å². The maximum Gasteiger partial charge on any atom is 0.203 e. The number of benzene rings is 1. The van der Waals surface area contributed by atoms with Gasteiger partial charge in [0.15, 0.2) is 17.3 Å². The number of hydrogen-bond donors (Lipinski definition) is 1. The summed E-state index contributed by atoms with van der Waals surface area (Å²) in [6.45, 7) is 1.50. The normalized spacial score (nSPS) is 10.9. The van der Waals surface area contributed by atoms with Gasteiger partial charge in [-0.05, 0) is 18.2 Å². The molecule has 0 aliphatic carbocycles. The van der Waals surface area contributed by atoms with Gasteiger partial charge in [0.05, 0.1) is 27.0 Å². The van der Waals surface area contributed by atoms with Gasteiger partial charge in [-0.2, -0.15) is 0 Å². The summed E-state index contributed by atoms with van der Waals surface area (Å²) in [6, 6.07) is 3.57. The number of allylic oxidation sites excluding steroid dienone is 1. The number of carbonyl (C=O) groups is 1. The minimum absolute atomic E-state index is 0.0562. The fourth-order valence-electron chi connectivity index (χ4n) is 1.74. The van der Waals surface area contributed by atoms with Crippen LogP contribution in [-0.2, 0) is 4.79 Å². The molecule has 0 amide bonds. The van der Waals surface area contributed by atoms with Crippen molar-refractivity contribution in [3.05, 3.63) is 23.4 Å². The molecule has 0 spiro atoms. The minimum atomic E-state index is -0.0562. The van der Waals surface area contributed by atoms with E-state index in [4.69, 9.17) is 14.2 Å². The lowest BCUT2D eigenvalue weighted by molar-refractivity contribution is -0.113. The molecular formula is C14H19NO4. The zero-order valence-electron chi connectivity index (χ0n) is 11.9. The Labute approximate surface area is 113 Å². The second kappa shape index (κ2) is 6.68. The summed E-state index contributed by atoms with van der Waals surface area (Å²) in [5.41, 5.74) is 1.23. The zero-order chi connectivity index (χ0) is 14.4. The van der Waals surface area contributed by atoms with Gasteiger partial charge < -0.3 is 19.5 Å². The Morgan fingerprint density at radius 1 is 1.11 bits per heavy atom. The monoisotopic (exact) mass is 265 g/mol. The van der Waals surface area contributed by atoms with Gasteiger partial charge in [0.25, 0.3) is 0 Å². The highest BCUT2D eigenvalue weighted by Crippen LogP contribution is 2.40. The Hall–Kier alpha value is -2.17. The van der Waals surface area contributed by atoms with E-state index in [9.17, 15) is 4.79 Å². The Kier molecular flexibility index (Phi) is 5.23. The molecule has 0 saturated carbocycles. The summed E-state index contributed by atoms with van der Waals surface area (Å²) in [5, 5.41) is 2.85. The van der Waals surface area contributed by atoms with Crippen LogP contribution in [0.15, 0.2) is 17.8 Å². The molecule has 0 bridgehead atoms. The van der Waals surface area contributed by atoms with Crippen molar-refractivity contribution in [3.63, 3.8) is 0 Å². The van der Waals surface area contributed by atoms with E-state index in [1.807, 2.05) is 0 Å². The maximum atomic E-state index is 11.4. The molecule has 0 aliphatic heterocycles. The van der Waals surface area contributed by atoms with Gasteiger partial charge in [-0.3, -0.25) is 4.79 Å². The molecule has 0 radical (unpaired) electrons. The largest absolute Gasteiger partial charge is 0.493 e. The SMILES string of the molecule is CN/C(=C\c1ccc(OC)c(OC)c1OC)C(C)=O. The van der Waals surface area contributed by atoms with E-state index >= 15 is 0 Å². The van der Waals surface area contributed by atoms with E-state index < -0.39 is 0 Å². The zero-order valence-corrected chi connectivity index (χ0v) is 11.9. The number of carbonyl (C=O) groups excluding carboxylic acids is 1. The second-order valence-corrected chi connectivity index (χ2v) is 3.79. The third-order valence-corrected chi connectivity index (χ3v) is 2.68. The molecule has 104 valence electrons. The Morgan fingerprint density at radius 2 is 1.74 bits per heavy atom. The lowest BCUT2D eigenvalue weighted by Crippen LogP contribution is -2.13. The van der Waals surface area contributed by atoms with E-state index in [0.29, 0.717) is 22.9 Å². The molecule has 0 fully saturated rings. The highest BCUT2D eigenvalue weighted by molar-refractivity contribution is 5.97. The summed E-state index contributed by atoms with van der Waals surface area (Å²) in [4.78, 5) is 11.4. The number of hydrogen-bond acceptors (Lipinski definition) is 5. The van der Waals surface area contributed by atoms with Crippen molar-refractivity contribution >= 4 is 11.9 Å². The third-order valence-electron chi connectivity index (χ3n) is 2.68. The van der Waals surface area contributed by atoms with Crippen LogP contribution in [0.1, 0.15) is 12.5 Å². The Balaban J connectivity index is 3.40. The van der Waals surface area contributed by atoms with Crippen LogP contribution < -0.4 is 19.5 Å². The first-order valence-corrected chi connectivity index (χ1v) is 5.78. The predicted octanol–water partition coefficient (Wildman–Crippen LogP) is 1.86. The van der Waals surface area contributed by atoms with Crippen molar-refractivity contribution in [1.82, 2.24) is 5.32 Å². The fourth-order valence-corrected chi connectivity index (χ4v) is 1.74. The van der Waals surface area contributed by atoms with Crippen molar-refractivity contribution in [3.8, 4) is 17.2 Å². The lowest BCUT2D eigenvalue weighted by atomic mass is 10.1. The summed E-state index contributed by atoms with van der Waals surface area (Å²) < 4.78 is 15.8. The lowest BCUT2D eigenvalue weighted by Gasteiger charge is -2.14. The van der Waals surface area contributed by atoms with Gasteiger partial charge >= 0.3 is 0 Å². The molecule has 0 saturated heterocycles. The molecule has 1 aromatic carbocycles. The number of Topliss-reactive ketones (excluding diaryl/α,β-unsaturated/α-hetero) is 1. The van der Waals surface area contributed by atoms with Gasteiger partial charge in [0.1, 0.15) is 0 Å². The van der Waals surface area contributed by atoms with Crippen LogP contribution >= 0.6 is 0 Å². The molecule has 19 heavy (non-hydrogen) atoms. The van der Waals surface area contributed by atoms with Crippen molar-refractivity contribution in [2.24, 2.45) is 0 Å². The molecular weight excluding hydrogens is 246 g/mol. The second-order valence-electron chi connectivity index (χ2n) is 3.79. The number of methoxy groups -OCH3 is 3. The van der Waals surface area contributed by atoms with E-state index in [2.05, 4.69) is 5.32 Å². The van der Waals surface area contributed by atoms with Crippen LogP contribution in [0.4, 0.5) is 0 Å². The number of likely N-dealkylation sites (N-methyl/N-ethyl adjacent to an activating group) is 1. The topological polar surface area (TPSA) is 56.8 Å². The summed E-state index contributed by atoms with van der Waals surface area (Å²) in [5.74, 6) is 1.54. The Bertz CT molecular complexity index is 494. The van der Waals surface area contributed by atoms with Crippen molar-refractivity contribution in [2.75, 3.05) is 28.4 Å². The summed E-state index contributed by atoms with van der Waals surface area (Å²) in [7, 11) is 6.33. The first-order valence-electron chi connectivity index (χ1n) is 5.78. The molecule has 0 heterocycles. The molecule has 0 atom stereocenters. The maximum absolute atomic E-state index is 11.4. The van der Waals surface area contributed by atoms with Crippen LogP contribution in [0, 0.1) is 0 Å². The molecule has 0 aliphatic rings. The van der Waals surface area contributed by atoms with Crippen molar-refractivity contribution in [1.29, 1.82) is 0 Å². The Morgan fingerprint density at radius 3 is 2.16 bits per heavy atom. The molecule has 5 heteroatoms. The van der Waals surface area contributed by atoms with Crippen LogP contribution in [-0.4, -0.2) is 34.2 Å². The van der Waals surface area contributed by atoms with E-state index in [-0.39, 0.29) is 5.78 Å². The first kappa shape index (κ1) is 14.9. The number of ketones is 1. The quantitative estimate of drug-likeness (QED) is 0.796. The van der Waals surface area contributed by atoms with E-state index in [1.54, 1.807) is 39.5 Å². The highest BCUT2D eigenvalue weighted by atomic mass is 16.5. The molecule has 1 rings (SSSR count). The molecule has 1 aromatic rings. The summed E-state index contributed by atoms with van der Waals surface area (Å²) >= 11 is 0. The van der Waals surface area contributed by atoms with Crippen LogP contribution in [0.25, 0.3) is 6.08 Å². The molecule has 1 N–H and O–H groups in total. The molecule has 5 nitrogen and oxygen atoms in total. The van der Waals surface area contributed by atoms with Crippen LogP contribution in [0.5, 0.6) is 17.2 Å². The van der Waals surface area contributed by atoms with Crippen LogP contribution in [0.3, 0.4) is 0 Å². The average Bonchev–Trinajstić information content (AvgIpc) is 2.42. The highest BCUT2D eigenvalue weighted by Gasteiger charge is 2.15. The van der Waals surface area contributed by atoms with E-state index in [1.165, 1.54) is 14.0 Å². The smallest absolute Gasteiger partial charge is 0.203 e. The molecule has 0 unspecified atom stereocenters. The molecule has 0 aromatic heterocycles. The van der Waals surface area contributed by atoms with Crippen molar-refractivity contribution < 1.29 is 19.0 Å². The van der Waals surface area contributed by atoms with Crippen molar-refractivity contribution in [2.45, 2.75) is 6.92 Å². The number of ether oxygens (including phenoxy) is 3. The van der Waals surface area contributed by atoms with Gasteiger partial charge in [0.2, 0.25) is 5.75 Å². The van der Waals surface area contributed by atoms with Gasteiger partial charge in [0, 0.05) is 19.5 Å². The third kappa shape index (κ3) is 3.19.